The van der Waals surface area contributed by atoms with E-state index in [4.69, 9.17) is 10.2 Å². The number of aromatic hydroxyl groups is 2. The predicted molar refractivity (Wildman–Crippen MR) is 69.0 cm³/mol. The highest BCUT2D eigenvalue weighted by atomic mass is 16.3. The van der Waals surface area contributed by atoms with Crippen LogP contribution in [0.5, 0.6) is 11.5 Å². The lowest BCUT2D eigenvalue weighted by molar-refractivity contribution is 0.449. The molecule has 1 aromatic rings. The smallest absolute Gasteiger partial charge is 0.119 e. The molecule has 0 aliphatic heterocycles. The molecule has 92 valence electrons. The van der Waals surface area contributed by atoms with Crippen molar-refractivity contribution in [2.45, 2.75) is 52.9 Å². The van der Waals surface area contributed by atoms with Crippen molar-refractivity contribution in [2.75, 3.05) is 0 Å². The van der Waals surface area contributed by atoms with Crippen molar-refractivity contribution in [3.05, 3.63) is 23.8 Å². The second-order valence-electron chi connectivity index (χ2n) is 3.92. The Morgan fingerprint density at radius 3 is 1.56 bits per heavy atom. The molecule has 1 rings (SSSR count). The molecule has 0 fully saturated rings. The molecular formula is C14H24O2. The molecule has 1 aromatic carbocycles. The fraction of sp³-hybridized carbons (Fsp3) is 0.571. The van der Waals surface area contributed by atoms with Gasteiger partial charge < -0.3 is 10.2 Å². The van der Waals surface area contributed by atoms with E-state index in [2.05, 4.69) is 13.8 Å². The quantitative estimate of drug-likeness (QED) is 0.751. The number of unbranched alkanes of at least 4 members (excludes halogenated alkanes) is 3. The lowest BCUT2D eigenvalue weighted by Gasteiger charge is -1.98. The molecular weight excluding hydrogens is 200 g/mol. The molecule has 0 aliphatic rings. The van der Waals surface area contributed by atoms with Gasteiger partial charge in [-0.1, -0.05) is 46.5 Å². The number of hydrogen-bond donors (Lipinski definition) is 2. The zero-order chi connectivity index (χ0) is 12.4. The Hall–Kier alpha value is -1.18. The van der Waals surface area contributed by atoms with Crippen LogP contribution in [-0.4, -0.2) is 10.2 Å². The topological polar surface area (TPSA) is 40.5 Å². The van der Waals surface area contributed by atoms with Gasteiger partial charge in [-0.25, -0.2) is 0 Å². The Kier molecular flexibility index (Phi) is 8.41. The summed E-state index contributed by atoms with van der Waals surface area (Å²) in [4.78, 5) is 0. The molecule has 16 heavy (non-hydrogen) atoms. The van der Waals surface area contributed by atoms with Gasteiger partial charge in [-0.15, -0.1) is 0 Å². The molecule has 0 atom stereocenters. The standard InChI is InChI=1S/C8H10O2.C6H14/c1-2-6-3-7(9)5-8(10)4-6;1-3-5-6-4-2/h3-5,9-10H,2H2,1H3;3-6H2,1-2H3. The molecule has 0 bridgehead atoms. The normalized spacial score (nSPS) is 9.44. The van der Waals surface area contributed by atoms with Gasteiger partial charge in [0.1, 0.15) is 11.5 Å². The van der Waals surface area contributed by atoms with Crippen molar-refractivity contribution >= 4 is 0 Å². The minimum Gasteiger partial charge on any atom is -0.508 e. The van der Waals surface area contributed by atoms with Crippen molar-refractivity contribution < 1.29 is 10.2 Å². The van der Waals surface area contributed by atoms with E-state index in [9.17, 15) is 0 Å². The highest BCUT2D eigenvalue weighted by Crippen LogP contribution is 2.20. The Morgan fingerprint density at radius 2 is 1.25 bits per heavy atom. The van der Waals surface area contributed by atoms with Gasteiger partial charge in [-0.2, -0.15) is 0 Å². The maximum atomic E-state index is 8.96. The minimum atomic E-state index is 0.122. The summed E-state index contributed by atoms with van der Waals surface area (Å²) in [5, 5.41) is 17.9. The largest absolute Gasteiger partial charge is 0.508 e. The molecule has 0 amide bonds. The summed E-state index contributed by atoms with van der Waals surface area (Å²) < 4.78 is 0. The van der Waals surface area contributed by atoms with E-state index in [1.165, 1.54) is 31.7 Å². The van der Waals surface area contributed by atoms with E-state index in [1.807, 2.05) is 6.92 Å². The number of aryl methyl sites for hydroxylation is 1. The molecule has 0 saturated carbocycles. The summed E-state index contributed by atoms with van der Waals surface area (Å²) in [7, 11) is 0. The number of phenols is 2. The fourth-order valence-corrected chi connectivity index (χ4v) is 1.36. The van der Waals surface area contributed by atoms with Crippen molar-refractivity contribution in [2.24, 2.45) is 0 Å². The average molecular weight is 224 g/mol. The molecule has 0 radical (unpaired) electrons. The van der Waals surface area contributed by atoms with Crippen LogP contribution >= 0.6 is 0 Å². The summed E-state index contributed by atoms with van der Waals surface area (Å²) in [5.74, 6) is 0.244. The van der Waals surface area contributed by atoms with Crippen LogP contribution < -0.4 is 0 Å². The summed E-state index contributed by atoms with van der Waals surface area (Å²) in [5.41, 5.74) is 0.942. The van der Waals surface area contributed by atoms with Gasteiger partial charge in [0.2, 0.25) is 0 Å². The van der Waals surface area contributed by atoms with Gasteiger partial charge in [-0.3, -0.25) is 0 Å². The highest BCUT2D eigenvalue weighted by Gasteiger charge is 1.95. The summed E-state index contributed by atoms with van der Waals surface area (Å²) in [6.07, 6.45) is 6.36. The summed E-state index contributed by atoms with van der Waals surface area (Å²) >= 11 is 0. The van der Waals surface area contributed by atoms with Gasteiger partial charge in [-0.05, 0) is 24.1 Å². The Morgan fingerprint density at radius 1 is 0.812 bits per heavy atom. The predicted octanol–water partition coefficient (Wildman–Crippen LogP) is 4.25. The second kappa shape index (κ2) is 9.08. The number of rotatable bonds is 4. The maximum absolute atomic E-state index is 8.96. The highest BCUT2D eigenvalue weighted by molar-refractivity contribution is 5.36. The minimum absolute atomic E-state index is 0.122. The van der Waals surface area contributed by atoms with Gasteiger partial charge in [0, 0.05) is 6.07 Å². The van der Waals surface area contributed by atoms with Crippen LogP contribution in [-0.2, 0) is 6.42 Å². The van der Waals surface area contributed by atoms with Crippen molar-refractivity contribution in [3.63, 3.8) is 0 Å². The maximum Gasteiger partial charge on any atom is 0.119 e. The molecule has 2 nitrogen and oxygen atoms in total. The monoisotopic (exact) mass is 224 g/mol. The van der Waals surface area contributed by atoms with E-state index in [0.717, 1.165) is 12.0 Å². The Balaban J connectivity index is 0.000000325. The first kappa shape index (κ1) is 14.8. The van der Waals surface area contributed by atoms with Crippen molar-refractivity contribution in [1.82, 2.24) is 0 Å². The molecule has 0 saturated heterocycles. The van der Waals surface area contributed by atoms with E-state index in [1.54, 1.807) is 12.1 Å². The van der Waals surface area contributed by atoms with Gasteiger partial charge in [0.15, 0.2) is 0 Å². The first-order chi connectivity index (χ1) is 7.63. The molecule has 2 heteroatoms. The zero-order valence-electron chi connectivity index (χ0n) is 10.7. The number of benzene rings is 1. The van der Waals surface area contributed by atoms with Crippen LogP contribution in [0, 0.1) is 0 Å². The van der Waals surface area contributed by atoms with Crippen molar-refractivity contribution in [3.8, 4) is 11.5 Å². The third-order valence-corrected chi connectivity index (χ3v) is 2.33. The van der Waals surface area contributed by atoms with Crippen LogP contribution in [0.4, 0.5) is 0 Å². The summed E-state index contributed by atoms with van der Waals surface area (Å²) in [6.45, 7) is 6.43. The number of hydrogen-bond acceptors (Lipinski definition) is 2. The van der Waals surface area contributed by atoms with Gasteiger partial charge in [0.25, 0.3) is 0 Å². The second-order valence-corrected chi connectivity index (χ2v) is 3.92. The molecule has 0 spiro atoms. The first-order valence-electron chi connectivity index (χ1n) is 6.15. The van der Waals surface area contributed by atoms with E-state index >= 15 is 0 Å². The third kappa shape index (κ3) is 7.16. The van der Waals surface area contributed by atoms with E-state index < -0.39 is 0 Å². The zero-order valence-corrected chi connectivity index (χ0v) is 10.7. The summed E-state index contributed by atoms with van der Waals surface area (Å²) in [6, 6.07) is 4.60. The lowest BCUT2D eigenvalue weighted by atomic mass is 10.1. The van der Waals surface area contributed by atoms with Gasteiger partial charge in [0.05, 0.1) is 0 Å². The molecule has 0 aromatic heterocycles. The van der Waals surface area contributed by atoms with E-state index in [0.29, 0.717) is 0 Å². The average Bonchev–Trinajstić information content (AvgIpc) is 2.26. The Labute approximate surface area is 98.9 Å². The fourth-order valence-electron chi connectivity index (χ4n) is 1.36. The Bertz CT molecular complexity index is 258. The van der Waals surface area contributed by atoms with Crippen LogP contribution in [0.2, 0.25) is 0 Å². The number of phenolic OH excluding ortho intramolecular Hbond substituents is 2. The molecule has 2 N–H and O–H groups in total. The molecule has 0 unspecified atom stereocenters. The van der Waals surface area contributed by atoms with Gasteiger partial charge >= 0.3 is 0 Å². The van der Waals surface area contributed by atoms with Crippen LogP contribution in [0.25, 0.3) is 0 Å². The van der Waals surface area contributed by atoms with E-state index in [-0.39, 0.29) is 11.5 Å². The van der Waals surface area contributed by atoms with Crippen LogP contribution in [0.15, 0.2) is 18.2 Å². The molecule has 0 heterocycles. The third-order valence-electron chi connectivity index (χ3n) is 2.33. The lowest BCUT2D eigenvalue weighted by Crippen LogP contribution is -1.77. The van der Waals surface area contributed by atoms with Crippen molar-refractivity contribution in [1.29, 1.82) is 0 Å². The molecule has 0 aliphatic carbocycles. The first-order valence-corrected chi connectivity index (χ1v) is 6.15. The SMILES string of the molecule is CCCCCC.CCc1cc(O)cc(O)c1. The van der Waals surface area contributed by atoms with Crippen LogP contribution in [0.3, 0.4) is 0 Å². The van der Waals surface area contributed by atoms with Crippen LogP contribution in [0.1, 0.15) is 52.0 Å².